The van der Waals surface area contributed by atoms with Gasteiger partial charge in [-0.3, -0.25) is 0 Å². The molecule has 0 spiro atoms. The predicted octanol–water partition coefficient (Wildman–Crippen LogP) is 3.43. The van der Waals surface area contributed by atoms with Crippen LogP contribution in [0.3, 0.4) is 0 Å². The minimum atomic E-state index is -0.192. The molecule has 4 heteroatoms. The second kappa shape index (κ2) is 4.58. The number of anilines is 1. The summed E-state index contributed by atoms with van der Waals surface area (Å²) >= 11 is 3.29. The van der Waals surface area contributed by atoms with Crippen LogP contribution in [0.1, 0.15) is 32.3 Å². The normalized spacial score (nSPS) is 18.8. The Morgan fingerprint density at radius 1 is 1.47 bits per heavy atom. The Labute approximate surface area is 110 Å². The highest BCUT2D eigenvalue weighted by atomic mass is 79.9. The van der Waals surface area contributed by atoms with Crippen LogP contribution in [0.25, 0.3) is 0 Å². The fourth-order valence-corrected chi connectivity index (χ4v) is 3.00. The van der Waals surface area contributed by atoms with Gasteiger partial charge < -0.3 is 10.6 Å². The van der Waals surface area contributed by atoms with Crippen molar-refractivity contribution in [3.05, 3.63) is 28.0 Å². The topological polar surface area (TPSA) is 29.3 Å². The summed E-state index contributed by atoms with van der Waals surface area (Å²) in [5.41, 5.74) is 7.08. The number of hydrogen-bond donors (Lipinski definition) is 1. The van der Waals surface area contributed by atoms with Crippen LogP contribution in [0, 0.1) is 5.82 Å². The van der Waals surface area contributed by atoms with Crippen LogP contribution in [0.2, 0.25) is 0 Å². The number of rotatable bonds is 2. The van der Waals surface area contributed by atoms with E-state index in [9.17, 15) is 4.39 Å². The molecule has 0 aromatic heterocycles. The summed E-state index contributed by atoms with van der Waals surface area (Å²) in [4.78, 5) is 2.15. The minimum absolute atomic E-state index is 0.0323. The summed E-state index contributed by atoms with van der Waals surface area (Å²) in [6.07, 6.45) is 2.21. The van der Waals surface area contributed by atoms with Crippen molar-refractivity contribution in [1.82, 2.24) is 0 Å². The molecule has 0 amide bonds. The summed E-state index contributed by atoms with van der Waals surface area (Å²) in [6, 6.07) is 3.74. The van der Waals surface area contributed by atoms with E-state index in [1.807, 2.05) is 12.1 Å². The number of hydrogen-bond acceptors (Lipinski definition) is 2. The monoisotopic (exact) mass is 300 g/mol. The summed E-state index contributed by atoms with van der Waals surface area (Å²) < 4.78 is 14.8. The molecule has 2 nitrogen and oxygen atoms in total. The molecule has 0 atom stereocenters. The molecule has 2 N–H and O–H groups in total. The second-order valence-corrected chi connectivity index (χ2v) is 5.94. The van der Waals surface area contributed by atoms with E-state index in [2.05, 4.69) is 34.7 Å². The SMILES string of the molecule is CC1(C)CCCN1c1ccc(CN)c(Br)c1F. The first-order valence-electron chi connectivity index (χ1n) is 5.92. The highest BCUT2D eigenvalue weighted by Crippen LogP contribution is 2.37. The third kappa shape index (κ3) is 2.20. The second-order valence-electron chi connectivity index (χ2n) is 5.14. The van der Waals surface area contributed by atoms with Crippen molar-refractivity contribution in [1.29, 1.82) is 0 Å². The van der Waals surface area contributed by atoms with Gasteiger partial charge >= 0.3 is 0 Å². The van der Waals surface area contributed by atoms with Gasteiger partial charge in [0.25, 0.3) is 0 Å². The van der Waals surface area contributed by atoms with Crippen molar-refractivity contribution >= 4 is 21.6 Å². The molecule has 1 aromatic rings. The third-order valence-electron chi connectivity index (χ3n) is 3.55. The molecule has 2 rings (SSSR count). The van der Waals surface area contributed by atoms with Crippen LogP contribution < -0.4 is 10.6 Å². The standard InChI is InChI=1S/C13H18BrFN2/c1-13(2)6-3-7-17(13)10-5-4-9(8-16)11(14)12(10)15/h4-5H,3,6-8,16H2,1-2H3. The van der Waals surface area contributed by atoms with Gasteiger partial charge in [0.15, 0.2) is 5.82 Å². The van der Waals surface area contributed by atoms with Gasteiger partial charge in [-0.05, 0) is 54.2 Å². The molecule has 17 heavy (non-hydrogen) atoms. The van der Waals surface area contributed by atoms with Gasteiger partial charge in [0.2, 0.25) is 0 Å². The Bertz CT molecular complexity index is 432. The average Bonchev–Trinajstić information content (AvgIpc) is 2.62. The van der Waals surface area contributed by atoms with E-state index in [-0.39, 0.29) is 11.4 Å². The van der Waals surface area contributed by atoms with Crippen LogP contribution in [-0.2, 0) is 6.54 Å². The lowest BCUT2D eigenvalue weighted by Crippen LogP contribution is -2.38. The van der Waals surface area contributed by atoms with Gasteiger partial charge in [-0.1, -0.05) is 6.07 Å². The Morgan fingerprint density at radius 2 is 2.18 bits per heavy atom. The molecule has 1 aliphatic heterocycles. The Morgan fingerprint density at radius 3 is 2.71 bits per heavy atom. The van der Waals surface area contributed by atoms with Crippen LogP contribution in [0.15, 0.2) is 16.6 Å². The van der Waals surface area contributed by atoms with E-state index >= 15 is 0 Å². The number of benzene rings is 1. The van der Waals surface area contributed by atoms with Crippen molar-refractivity contribution in [3.8, 4) is 0 Å². The van der Waals surface area contributed by atoms with Crippen LogP contribution in [0.4, 0.5) is 10.1 Å². The summed E-state index contributed by atoms with van der Waals surface area (Å²) in [7, 11) is 0. The first kappa shape index (κ1) is 12.8. The molecule has 1 aliphatic rings. The smallest absolute Gasteiger partial charge is 0.160 e. The quantitative estimate of drug-likeness (QED) is 0.907. The lowest BCUT2D eigenvalue weighted by molar-refractivity contribution is 0.505. The Hall–Kier alpha value is -0.610. The lowest BCUT2D eigenvalue weighted by atomic mass is 10.0. The molecule has 0 unspecified atom stereocenters. The maximum atomic E-state index is 14.3. The Kier molecular flexibility index (Phi) is 3.46. The van der Waals surface area contributed by atoms with Gasteiger partial charge in [-0.25, -0.2) is 4.39 Å². The van der Waals surface area contributed by atoms with Crippen LogP contribution >= 0.6 is 15.9 Å². The van der Waals surface area contributed by atoms with Crippen molar-refractivity contribution in [2.45, 2.75) is 38.8 Å². The average molecular weight is 301 g/mol. The van der Waals surface area contributed by atoms with Crippen LogP contribution in [0.5, 0.6) is 0 Å². The predicted molar refractivity (Wildman–Crippen MR) is 72.7 cm³/mol. The molecule has 94 valence electrons. The zero-order valence-electron chi connectivity index (χ0n) is 10.3. The summed E-state index contributed by atoms with van der Waals surface area (Å²) in [5, 5.41) is 0. The van der Waals surface area contributed by atoms with Crippen molar-refractivity contribution in [3.63, 3.8) is 0 Å². The highest BCUT2D eigenvalue weighted by molar-refractivity contribution is 9.10. The summed E-state index contributed by atoms with van der Waals surface area (Å²) in [6.45, 7) is 5.58. The largest absolute Gasteiger partial charge is 0.364 e. The van der Waals surface area contributed by atoms with Gasteiger partial charge in [0.1, 0.15) is 0 Å². The van der Waals surface area contributed by atoms with Gasteiger partial charge in [-0.15, -0.1) is 0 Å². The molecular weight excluding hydrogens is 283 g/mol. The van der Waals surface area contributed by atoms with Crippen molar-refractivity contribution in [2.75, 3.05) is 11.4 Å². The highest BCUT2D eigenvalue weighted by Gasteiger charge is 2.33. The van der Waals surface area contributed by atoms with E-state index < -0.39 is 0 Å². The Balaban J connectivity index is 2.43. The first-order chi connectivity index (χ1) is 7.97. The molecule has 0 bridgehead atoms. The van der Waals surface area contributed by atoms with Crippen molar-refractivity contribution in [2.24, 2.45) is 5.73 Å². The van der Waals surface area contributed by atoms with Crippen molar-refractivity contribution < 1.29 is 4.39 Å². The van der Waals surface area contributed by atoms with E-state index in [0.29, 0.717) is 16.7 Å². The number of nitrogens with two attached hydrogens (primary N) is 1. The molecular formula is C13H18BrFN2. The first-order valence-corrected chi connectivity index (χ1v) is 6.71. The molecule has 1 aromatic carbocycles. The van der Waals surface area contributed by atoms with Gasteiger partial charge in [0, 0.05) is 18.6 Å². The fraction of sp³-hybridized carbons (Fsp3) is 0.538. The van der Waals surface area contributed by atoms with E-state index in [4.69, 9.17) is 5.73 Å². The van der Waals surface area contributed by atoms with E-state index in [1.54, 1.807) is 0 Å². The molecule has 0 aliphatic carbocycles. The van der Waals surface area contributed by atoms with Crippen LogP contribution in [-0.4, -0.2) is 12.1 Å². The fourth-order valence-electron chi connectivity index (χ4n) is 2.50. The van der Waals surface area contributed by atoms with Gasteiger partial charge in [-0.2, -0.15) is 0 Å². The number of nitrogens with zero attached hydrogens (tertiary/aromatic N) is 1. The molecule has 0 radical (unpaired) electrons. The third-order valence-corrected chi connectivity index (χ3v) is 4.41. The molecule has 1 fully saturated rings. The minimum Gasteiger partial charge on any atom is -0.364 e. The molecule has 1 saturated heterocycles. The molecule has 1 heterocycles. The van der Waals surface area contributed by atoms with Gasteiger partial charge in [0.05, 0.1) is 10.2 Å². The zero-order chi connectivity index (χ0) is 12.6. The zero-order valence-corrected chi connectivity index (χ0v) is 11.8. The lowest BCUT2D eigenvalue weighted by Gasteiger charge is -2.34. The van der Waals surface area contributed by atoms with E-state index in [1.165, 1.54) is 0 Å². The maximum Gasteiger partial charge on any atom is 0.160 e. The molecule has 0 saturated carbocycles. The summed E-state index contributed by atoms with van der Waals surface area (Å²) in [5.74, 6) is -0.192. The van der Waals surface area contributed by atoms with E-state index in [0.717, 1.165) is 24.9 Å². The number of halogens is 2. The maximum absolute atomic E-state index is 14.3.